The van der Waals surface area contributed by atoms with Crippen LogP contribution in [0.2, 0.25) is 0 Å². The van der Waals surface area contributed by atoms with Gasteiger partial charge >= 0.3 is 0 Å². The van der Waals surface area contributed by atoms with E-state index in [2.05, 4.69) is 29.0 Å². The van der Waals surface area contributed by atoms with E-state index in [1.54, 1.807) is 4.90 Å². The highest BCUT2D eigenvalue weighted by Crippen LogP contribution is 2.25. The number of carbonyl (C=O) groups excluding carboxylic acids is 2. The highest BCUT2D eigenvalue weighted by atomic mass is 16.5. The highest BCUT2D eigenvalue weighted by molar-refractivity contribution is 5.85. The van der Waals surface area contributed by atoms with Crippen molar-refractivity contribution in [3.63, 3.8) is 0 Å². The molecule has 1 saturated carbocycles. The Labute approximate surface area is 210 Å². The van der Waals surface area contributed by atoms with E-state index in [0.29, 0.717) is 32.7 Å². The first kappa shape index (κ1) is 27.0. The third-order valence-corrected chi connectivity index (χ3v) is 6.65. The number of rotatable bonds is 14. The molecule has 0 spiro atoms. The van der Waals surface area contributed by atoms with Gasteiger partial charge < -0.3 is 23.8 Å². The summed E-state index contributed by atoms with van der Waals surface area (Å²) in [7, 11) is 1.51. The molecule has 1 aromatic heterocycles. The second-order valence-corrected chi connectivity index (χ2v) is 9.23. The molecular formula is C28H41N3O4. The van der Waals surface area contributed by atoms with Gasteiger partial charge in [-0.2, -0.15) is 0 Å². The maximum absolute atomic E-state index is 13.7. The van der Waals surface area contributed by atoms with Crippen LogP contribution < -0.4 is 0 Å². The Hall–Kier alpha value is -2.64. The predicted molar refractivity (Wildman–Crippen MR) is 137 cm³/mol. The molecule has 0 unspecified atom stereocenters. The fraction of sp³-hybridized carbons (Fsp3) is 0.571. The van der Waals surface area contributed by atoms with E-state index >= 15 is 0 Å². The van der Waals surface area contributed by atoms with Gasteiger partial charge in [-0.1, -0.05) is 49.6 Å². The number of amides is 2. The third kappa shape index (κ3) is 8.51. The van der Waals surface area contributed by atoms with E-state index in [1.165, 1.54) is 19.1 Å². The third-order valence-electron chi connectivity index (χ3n) is 6.65. The first-order valence-corrected chi connectivity index (χ1v) is 12.9. The van der Waals surface area contributed by atoms with Crippen LogP contribution in [0.5, 0.6) is 0 Å². The molecule has 0 bridgehead atoms. The number of benzene rings is 1. The lowest BCUT2D eigenvalue weighted by molar-refractivity contribution is -0.144. The van der Waals surface area contributed by atoms with Crippen molar-refractivity contribution in [3.05, 3.63) is 59.9 Å². The van der Waals surface area contributed by atoms with Crippen LogP contribution in [0.4, 0.5) is 0 Å². The molecule has 0 atom stereocenters. The SMILES string of the molecule is CCOCCCN(CC(=O)N(Cc1cccn1Cc1ccccc1)C1CCCCC1)C(=O)COC. The van der Waals surface area contributed by atoms with Gasteiger partial charge in [-0.05, 0) is 43.9 Å². The Bertz CT molecular complexity index is 893. The van der Waals surface area contributed by atoms with Gasteiger partial charge in [0.05, 0.1) is 13.1 Å². The largest absolute Gasteiger partial charge is 0.382 e. The number of ether oxygens (including phenoxy) is 2. The summed E-state index contributed by atoms with van der Waals surface area (Å²) in [6.45, 7) is 5.02. The summed E-state index contributed by atoms with van der Waals surface area (Å²) in [5.74, 6) is -0.154. The van der Waals surface area contributed by atoms with E-state index in [-0.39, 0.29) is 31.0 Å². The molecule has 0 radical (unpaired) electrons. The van der Waals surface area contributed by atoms with Crippen LogP contribution in [0, 0.1) is 0 Å². The summed E-state index contributed by atoms with van der Waals surface area (Å²) in [6.07, 6.45) is 8.30. The van der Waals surface area contributed by atoms with Crippen molar-refractivity contribution in [2.75, 3.05) is 40.0 Å². The summed E-state index contributed by atoms with van der Waals surface area (Å²) < 4.78 is 12.7. The molecule has 1 fully saturated rings. The Kier molecular flexibility index (Phi) is 11.3. The van der Waals surface area contributed by atoms with Crippen molar-refractivity contribution < 1.29 is 19.1 Å². The number of methoxy groups -OCH3 is 1. The second-order valence-electron chi connectivity index (χ2n) is 9.23. The van der Waals surface area contributed by atoms with Gasteiger partial charge in [-0.25, -0.2) is 0 Å². The van der Waals surface area contributed by atoms with Crippen molar-refractivity contribution >= 4 is 11.8 Å². The maximum atomic E-state index is 13.7. The second kappa shape index (κ2) is 14.7. The Morgan fingerprint density at radius 2 is 1.80 bits per heavy atom. The van der Waals surface area contributed by atoms with E-state index in [4.69, 9.17) is 9.47 Å². The molecule has 35 heavy (non-hydrogen) atoms. The van der Waals surface area contributed by atoms with Gasteiger partial charge in [-0.3, -0.25) is 9.59 Å². The normalized spacial score (nSPS) is 14.1. The topological polar surface area (TPSA) is 64.0 Å². The van der Waals surface area contributed by atoms with Crippen molar-refractivity contribution in [2.24, 2.45) is 0 Å². The molecule has 1 heterocycles. The Balaban J connectivity index is 1.74. The molecule has 1 aromatic carbocycles. The quantitative estimate of drug-likeness (QED) is 0.380. The maximum Gasteiger partial charge on any atom is 0.249 e. The predicted octanol–water partition coefficient (Wildman–Crippen LogP) is 4.10. The minimum Gasteiger partial charge on any atom is -0.382 e. The van der Waals surface area contributed by atoms with Gasteiger partial charge in [-0.15, -0.1) is 0 Å². The van der Waals surface area contributed by atoms with Crippen LogP contribution in [0.3, 0.4) is 0 Å². The molecule has 192 valence electrons. The molecule has 2 amide bonds. The van der Waals surface area contributed by atoms with Crippen LogP contribution in [-0.4, -0.2) is 72.2 Å². The summed E-state index contributed by atoms with van der Waals surface area (Å²) in [5, 5.41) is 0. The number of aromatic nitrogens is 1. The van der Waals surface area contributed by atoms with Gasteiger partial charge in [0.15, 0.2) is 0 Å². The van der Waals surface area contributed by atoms with Crippen LogP contribution in [-0.2, 0) is 32.2 Å². The van der Waals surface area contributed by atoms with Gasteiger partial charge in [0, 0.05) is 51.3 Å². The lowest BCUT2D eigenvalue weighted by Gasteiger charge is -2.36. The van der Waals surface area contributed by atoms with E-state index in [9.17, 15) is 9.59 Å². The minimum absolute atomic E-state index is 0.00484. The average Bonchev–Trinajstić information content (AvgIpc) is 3.32. The molecule has 0 aliphatic heterocycles. The molecule has 0 saturated heterocycles. The minimum atomic E-state index is -0.159. The lowest BCUT2D eigenvalue weighted by atomic mass is 9.94. The highest BCUT2D eigenvalue weighted by Gasteiger charge is 2.28. The average molecular weight is 484 g/mol. The van der Waals surface area contributed by atoms with Crippen LogP contribution in [0.25, 0.3) is 0 Å². The smallest absolute Gasteiger partial charge is 0.249 e. The van der Waals surface area contributed by atoms with Crippen LogP contribution in [0.1, 0.15) is 56.7 Å². The van der Waals surface area contributed by atoms with E-state index in [1.807, 2.05) is 36.1 Å². The molecule has 3 rings (SSSR count). The standard InChI is InChI=1S/C28H41N3O4/c1-3-35-19-11-18-30(28(33)23-34-2)22-27(32)31(25-14-8-5-9-15-25)21-26-16-10-17-29(26)20-24-12-6-4-7-13-24/h4,6-7,10,12-13,16-17,25H,3,5,8-9,11,14-15,18-23H2,1-2H3. The van der Waals surface area contributed by atoms with E-state index < -0.39 is 0 Å². The first-order chi connectivity index (χ1) is 17.1. The van der Waals surface area contributed by atoms with Crippen molar-refractivity contribution in [1.29, 1.82) is 0 Å². The lowest BCUT2D eigenvalue weighted by Crippen LogP contribution is -2.48. The van der Waals surface area contributed by atoms with Crippen molar-refractivity contribution in [1.82, 2.24) is 14.4 Å². The van der Waals surface area contributed by atoms with Crippen LogP contribution >= 0.6 is 0 Å². The molecule has 7 nitrogen and oxygen atoms in total. The Morgan fingerprint density at radius 1 is 1.03 bits per heavy atom. The Morgan fingerprint density at radius 3 is 2.51 bits per heavy atom. The van der Waals surface area contributed by atoms with Crippen molar-refractivity contribution in [2.45, 2.75) is 64.6 Å². The van der Waals surface area contributed by atoms with E-state index in [0.717, 1.165) is 37.9 Å². The fourth-order valence-corrected chi connectivity index (χ4v) is 4.78. The summed E-state index contributed by atoms with van der Waals surface area (Å²) >= 11 is 0. The van der Waals surface area contributed by atoms with Gasteiger partial charge in [0.25, 0.3) is 0 Å². The molecule has 1 aliphatic carbocycles. The fourth-order valence-electron chi connectivity index (χ4n) is 4.78. The number of hydrogen-bond acceptors (Lipinski definition) is 4. The zero-order valence-electron chi connectivity index (χ0n) is 21.4. The number of hydrogen-bond donors (Lipinski definition) is 0. The van der Waals surface area contributed by atoms with Gasteiger partial charge in [0.1, 0.15) is 6.61 Å². The zero-order chi connectivity index (χ0) is 24.9. The molecule has 7 heteroatoms. The van der Waals surface area contributed by atoms with Crippen LogP contribution in [0.15, 0.2) is 48.7 Å². The zero-order valence-corrected chi connectivity index (χ0v) is 21.4. The first-order valence-electron chi connectivity index (χ1n) is 12.9. The van der Waals surface area contributed by atoms with Crippen molar-refractivity contribution in [3.8, 4) is 0 Å². The molecular weight excluding hydrogens is 442 g/mol. The summed E-state index contributed by atoms with van der Waals surface area (Å²) in [6, 6.07) is 14.7. The molecule has 2 aromatic rings. The monoisotopic (exact) mass is 483 g/mol. The van der Waals surface area contributed by atoms with Gasteiger partial charge in [0.2, 0.25) is 11.8 Å². The number of nitrogens with zero attached hydrogens (tertiary/aromatic N) is 3. The summed E-state index contributed by atoms with van der Waals surface area (Å²) in [5.41, 5.74) is 2.34. The molecule has 1 aliphatic rings. The number of carbonyl (C=O) groups is 2. The summed E-state index contributed by atoms with van der Waals surface area (Å²) in [4.78, 5) is 30.0. The molecule has 0 N–H and O–H groups in total.